The first-order chi connectivity index (χ1) is 13.9. The lowest BCUT2D eigenvalue weighted by Crippen LogP contribution is -2.39. The molecular weight excluding hydrogens is 384 g/mol. The molecule has 0 unspecified atom stereocenters. The summed E-state index contributed by atoms with van der Waals surface area (Å²) >= 11 is 0. The Kier molecular flexibility index (Phi) is 8.20. The first-order valence-corrected chi connectivity index (χ1v) is 11.1. The van der Waals surface area contributed by atoms with Gasteiger partial charge in [-0.25, -0.2) is 4.39 Å². The molecule has 0 amide bonds. The van der Waals surface area contributed by atoms with Gasteiger partial charge in [0.15, 0.2) is 6.29 Å². The molecule has 0 atom stereocenters. The van der Waals surface area contributed by atoms with Crippen LogP contribution in [0.15, 0.2) is 24.6 Å². The minimum Gasteiger partial charge on any atom is -0.352 e. The van der Waals surface area contributed by atoms with Gasteiger partial charge in [0.2, 0.25) is 0 Å². The van der Waals surface area contributed by atoms with E-state index in [0.717, 1.165) is 64.6 Å². The van der Waals surface area contributed by atoms with E-state index in [1.807, 2.05) is 6.08 Å². The molecule has 166 valence electrons. The summed E-state index contributed by atoms with van der Waals surface area (Å²) in [7, 11) is 0. The standard InChI is InChI=1S/C23H34F4O2/c1-2-3-4-16-14-28-22(29-15-16)20-11-7-18(8-12-20)17-5-9-19(10-6-17)21(24)13-23(25,26)27/h2,13,16-20,22H,1,3-12,14-15H2/b21-13-. The Labute approximate surface area is 171 Å². The van der Waals surface area contributed by atoms with Crippen LogP contribution in [0.25, 0.3) is 0 Å². The van der Waals surface area contributed by atoms with Crippen molar-refractivity contribution in [2.45, 2.75) is 76.7 Å². The van der Waals surface area contributed by atoms with Gasteiger partial charge < -0.3 is 9.47 Å². The van der Waals surface area contributed by atoms with Crippen LogP contribution in [0.5, 0.6) is 0 Å². The number of hydrogen-bond donors (Lipinski definition) is 0. The maximum atomic E-state index is 13.8. The van der Waals surface area contributed by atoms with Gasteiger partial charge in [-0.2, -0.15) is 13.2 Å². The van der Waals surface area contributed by atoms with Crippen molar-refractivity contribution in [3.05, 3.63) is 24.6 Å². The lowest BCUT2D eigenvalue weighted by Gasteiger charge is -2.41. The van der Waals surface area contributed by atoms with Crippen molar-refractivity contribution in [3.63, 3.8) is 0 Å². The Balaban J connectivity index is 1.37. The topological polar surface area (TPSA) is 18.5 Å². The molecule has 0 N–H and O–H groups in total. The fourth-order valence-corrected chi connectivity index (χ4v) is 5.38. The van der Waals surface area contributed by atoms with Gasteiger partial charge >= 0.3 is 6.18 Å². The Hall–Kier alpha value is -0.880. The number of hydrogen-bond acceptors (Lipinski definition) is 2. The second-order valence-electron chi connectivity index (χ2n) is 9.12. The van der Waals surface area contributed by atoms with Crippen molar-refractivity contribution in [2.75, 3.05) is 13.2 Å². The van der Waals surface area contributed by atoms with Gasteiger partial charge in [0.05, 0.1) is 19.3 Å². The molecule has 1 heterocycles. The van der Waals surface area contributed by atoms with Crippen LogP contribution in [0.1, 0.15) is 64.2 Å². The Morgan fingerprint density at radius 1 is 0.862 bits per heavy atom. The molecule has 0 aromatic carbocycles. The Morgan fingerprint density at radius 3 is 1.90 bits per heavy atom. The molecule has 2 nitrogen and oxygen atoms in total. The van der Waals surface area contributed by atoms with Gasteiger partial charge in [-0.1, -0.05) is 6.08 Å². The first kappa shape index (κ1) is 22.8. The van der Waals surface area contributed by atoms with Crippen LogP contribution in [-0.4, -0.2) is 25.7 Å². The fraction of sp³-hybridized carbons (Fsp3) is 0.826. The molecule has 3 aliphatic rings. The highest BCUT2D eigenvalue weighted by molar-refractivity contribution is 5.03. The predicted octanol–water partition coefficient (Wildman–Crippen LogP) is 6.97. The van der Waals surface area contributed by atoms with Gasteiger partial charge in [0, 0.05) is 17.8 Å². The molecule has 6 heteroatoms. The number of ether oxygens (including phenoxy) is 2. The smallest absolute Gasteiger partial charge is 0.352 e. The lowest BCUT2D eigenvalue weighted by atomic mass is 9.69. The van der Waals surface area contributed by atoms with Crippen molar-refractivity contribution < 1.29 is 27.0 Å². The molecule has 0 radical (unpaired) electrons. The second kappa shape index (κ2) is 10.4. The SMILES string of the molecule is C=CCCC1COC(C2CCC(C3CCC(/C(F)=C/C(F)(F)F)CC3)CC2)OC1. The summed E-state index contributed by atoms with van der Waals surface area (Å²) in [5.74, 6) is 0.478. The van der Waals surface area contributed by atoms with Crippen molar-refractivity contribution >= 4 is 0 Å². The molecule has 2 aliphatic carbocycles. The molecule has 0 aromatic heterocycles. The van der Waals surface area contributed by atoms with Crippen molar-refractivity contribution in [2.24, 2.45) is 29.6 Å². The monoisotopic (exact) mass is 418 g/mol. The van der Waals surface area contributed by atoms with Gasteiger partial charge in [-0.05, 0) is 76.0 Å². The third-order valence-electron chi connectivity index (χ3n) is 7.10. The summed E-state index contributed by atoms with van der Waals surface area (Å²) in [5, 5.41) is 0. The van der Waals surface area contributed by atoms with Crippen molar-refractivity contribution in [3.8, 4) is 0 Å². The van der Waals surface area contributed by atoms with E-state index in [2.05, 4.69) is 6.58 Å². The number of rotatable bonds is 6. The average Bonchev–Trinajstić information content (AvgIpc) is 2.72. The summed E-state index contributed by atoms with van der Waals surface area (Å²) in [4.78, 5) is 0. The maximum Gasteiger partial charge on any atom is 0.412 e. The zero-order valence-corrected chi connectivity index (χ0v) is 17.1. The molecule has 2 saturated carbocycles. The largest absolute Gasteiger partial charge is 0.412 e. The second-order valence-corrected chi connectivity index (χ2v) is 9.12. The molecular formula is C23H34F4O2. The Bertz CT molecular complexity index is 536. The van der Waals surface area contributed by atoms with Crippen LogP contribution >= 0.6 is 0 Å². The van der Waals surface area contributed by atoms with Gasteiger partial charge in [0.25, 0.3) is 0 Å². The van der Waals surface area contributed by atoms with Crippen LogP contribution in [0.2, 0.25) is 0 Å². The molecule has 3 rings (SSSR count). The van der Waals surface area contributed by atoms with Crippen LogP contribution in [0.3, 0.4) is 0 Å². The number of allylic oxidation sites excluding steroid dienone is 3. The molecule has 1 aliphatic heterocycles. The van der Waals surface area contributed by atoms with Crippen LogP contribution < -0.4 is 0 Å². The number of alkyl halides is 3. The third-order valence-corrected chi connectivity index (χ3v) is 7.10. The van der Waals surface area contributed by atoms with Gasteiger partial charge in [0.1, 0.15) is 5.83 Å². The third kappa shape index (κ3) is 6.81. The molecule has 1 saturated heterocycles. The molecule has 0 bridgehead atoms. The minimum atomic E-state index is -4.56. The van der Waals surface area contributed by atoms with Gasteiger partial charge in [-0.3, -0.25) is 0 Å². The number of halogens is 4. The lowest BCUT2D eigenvalue weighted by molar-refractivity contribution is -0.230. The van der Waals surface area contributed by atoms with Gasteiger partial charge in [-0.15, -0.1) is 6.58 Å². The summed E-state index contributed by atoms with van der Waals surface area (Å²) in [6.07, 6.45) is 6.29. The van der Waals surface area contributed by atoms with E-state index >= 15 is 0 Å². The molecule has 0 aromatic rings. The zero-order valence-electron chi connectivity index (χ0n) is 17.1. The fourth-order valence-electron chi connectivity index (χ4n) is 5.38. The van der Waals surface area contributed by atoms with E-state index in [1.165, 1.54) is 0 Å². The highest BCUT2D eigenvalue weighted by Crippen LogP contribution is 2.44. The summed E-state index contributed by atoms with van der Waals surface area (Å²) < 4.78 is 62.9. The highest BCUT2D eigenvalue weighted by atomic mass is 19.4. The zero-order chi connectivity index (χ0) is 20.9. The molecule has 0 spiro atoms. The van der Waals surface area contributed by atoms with Crippen molar-refractivity contribution in [1.29, 1.82) is 0 Å². The minimum absolute atomic E-state index is 0.0896. The summed E-state index contributed by atoms with van der Waals surface area (Å²) in [5.41, 5.74) is 0. The average molecular weight is 419 g/mol. The first-order valence-electron chi connectivity index (χ1n) is 11.1. The maximum absolute atomic E-state index is 13.8. The Morgan fingerprint density at radius 2 is 1.38 bits per heavy atom. The quantitative estimate of drug-likeness (QED) is 0.342. The van der Waals surface area contributed by atoms with E-state index < -0.39 is 17.9 Å². The van der Waals surface area contributed by atoms with E-state index in [1.54, 1.807) is 0 Å². The normalized spacial score (nSPS) is 37.3. The highest BCUT2D eigenvalue weighted by Gasteiger charge is 2.37. The molecule has 3 fully saturated rings. The van der Waals surface area contributed by atoms with Crippen LogP contribution in [0.4, 0.5) is 17.6 Å². The van der Waals surface area contributed by atoms with E-state index in [0.29, 0.717) is 36.5 Å². The van der Waals surface area contributed by atoms with E-state index in [-0.39, 0.29) is 12.4 Å². The summed E-state index contributed by atoms with van der Waals surface area (Å²) in [6.45, 7) is 5.28. The van der Waals surface area contributed by atoms with E-state index in [4.69, 9.17) is 9.47 Å². The van der Waals surface area contributed by atoms with Crippen LogP contribution in [0, 0.1) is 29.6 Å². The van der Waals surface area contributed by atoms with Crippen LogP contribution in [-0.2, 0) is 9.47 Å². The molecule has 29 heavy (non-hydrogen) atoms. The summed E-state index contributed by atoms with van der Waals surface area (Å²) in [6, 6.07) is 0. The predicted molar refractivity (Wildman–Crippen MR) is 105 cm³/mol. The van der Waals surface area contributed by atoms with E-state index in [9.17, 15) is 17.6 Å². The van der Waals surface area contributed by atoms with Crippen molar-refractivity contribution in [1.82, 2.24) is 0 Å².